The molecule has 0 spiro atoms. The van der Waals surface area contributed by atoms with Crippen LogP contribution in [-0.2, 0) is 7.05 Å². The van der Waals surface area contributed by atoms with Crippen molar-refractivity contribution in [2.45, 2.75) is 25.3 Å². The Morgan fingerprint density at radius 2 is 2.25 bits per heavy atom. The smallest absolute Gasteiger partial charge is 0.194 e. The lowest BCUT2D eigenvalue weighted by Crippen LogP contribution is -2.40. The van der Waals surface area contributed by atoms with Crippen LogP contribution >= 0.6 is 0 Å². The van der Waals surface area contributed by atoms with Crippen molar-refractivity contribution in [1.82, 2.24) is 24.9 Å². The molecule has 28 heavy (non-hydrogen) atoms. The normalized spacial score (nSPS) is 18.7. The number of aliphatic imine (C=N–C) groups is 1. The van der Waals surface area contributed by atoms with Gasteiger partial charge >= 0.3 is 0 Å². The molecule has 2 aromatic rings. The predicted molar refractivity (Wildman–Crippen MR) is 111 cm³/mol. The molecule has 1 saturated heterocycles. The second-order valence-electron chi connectivity index (χ2n) is 7.61. The molecule has 2 unspecified atom stereocenters. The SMILES string of the molecule is CCNC(=NCC(c1cccc(F)c1)N(C)C)N1CCC(c2cnn(C)c2)C1. The highest BCUT2D eigenvalue weighted by Crippen LogP contribution is 2.27. The number of halogens is 1. The van der Waals surface area contributed by atoms with Crippen LogP contribution in [0.2, 0.25) is 0 Å². The van der Waals surface area contributed by atoms with Crippen LogP contribution in [0, 0.1) is 5.82 Å². The van der Waals surface area contributed by atoms with Crippen LogP contribution in [0.5, 0.6) is 0 Å². The van der Waals surface area contributed by atoms with Crippen LogP contribution in [0.25, 0.3) is 0 Å². The first kappa shape index (κ1) is 20.3. The van der Waals surface area contributed by atoms with E-state index in [0.29, 0.717) is 12.5 Å². The molecule has 0 bridgehead atoms. The highest BCUT2D eigenvalue weighted by molar-refractivity contribution is 5.80. The minimum atomic E-state index is -0.209. The van der Waals surface area contributed by atoms with Gasteiger partial charge in [-0.3, -0.25) is 9.67 Å². The van der Waals surface area contributed by atoms with Crippen molar-refractivity contribution in [3.63, 3.8) is 0 Å². The quantitative estimate of drug-likeness (QED) is 0.612. The summed E-state index contributed by atoms with van der Waals surface area (Å²) in [6.45, 7) is 5.38. The van der Waals surface area contributed by atoms with Gasteiger partial charge in [-0.05, 0) is 50.7 Å². The van der Waals surface area contributed by atoms with Gasteiger partial charge in [0.25, 0.3) is 0 Å². The zero-order chi connectivity index (χ0) is 20.1. The van der Waals surface area contributed by atoms with Crippen LogP contribution in [0.3, 0.4) is 0 Å². The molecular formula is C21H31FN6. The van der Waals surface area contributed by atoms with Gasteiger partial charge in [-0.15, -0.1) is 0 Å². The molecule has 1 aliphatic heterocycles. The number of nitrogens with zero attached hydrogens (tertiary/aromatic N) is 5. The van der Waals surface area contributed by atoms with Crippen LogP contribution in [0.4, 0.5) is 4.39 Å². The maximum Gasteiger partial charge on any atom is 0.194 e. The first-order valence-electron chi connectivity index (χ1n) is 9.91. The summed E-state index contributed by atoms with van der Waals surface area (Å²) in [4.78, 5) is 9.31. The Bertz CT molecular complexity index is 800. The molecule has 0 aliphatic carbocycles. The van der Waals surface area contributed by atoms with Crippen molar-refractivity contribution >= 4 is 5.96 Å². The van der Waals surface area contributed by atoms with E-state index in [1.807, 2.05) is 38.1 Å². The standard InChI is InChI=1S/C21H31FN6/c1-5-23-21(28-10-9-17(15-28)18-12-25-27(4)14-18)24-13-20(26(2)3)16-7-6-8-19(22)11-16/h6-8,11-12,14,17,20H,5,9-10,13,15H2,1-4H3,(H,23,24). The molecule has 0 saturated carbocycles. The summed E-state index contributed by atoms with van der Waals surface area (Å²) in [6.07, 6.45) is 5.16. The third-order valence-electron chi connectivity index (χ3n) is 5.29. The molecule has 7 heteroatoms. The second kappa shape index (κ2) is 9.19. The van der Waals surface area contributed by atoms with Crippen molar-refractivity contribution in [2.75, 3.05) is 40.3 Å². The van der Waals surface area contributed by atoms with Crippen molar-refractivity contribution in [3.05, 3.63) is 53.6 Å². The first-order valence-corrected chi connectivity index (χ1v) is 9.91. The molecule has 1 aromatic carbocycles. The van der Waals surface area contributed by atoms with Gasteiger partial charge in [-0.1, -0.05) is 12.1 Å². The van der Waals surface area contributed by atoms with E-state index in [4.69, 9.17) is 4.99 Å². The van der Waals surface area contributed by atoms with E-state index >= 15 is 0 Å². The van der Waals surface area contributed by atoms with Gasteiger partial charge < -0.3 is 15.1 Å². The monoisotopic (exact) mass is 386 g/mol. The molecule has 1 N–H and O–H groups in total. The molecular weight excluding hydrogens is 355 g/mol. The highest BCUT2D eigenvalue weighted by atomic mass is 19.1. The molecule has 152 valence electrons. The number of benzene rings is 1. The Morgan fingerprint density at radius 3 is 2.89 bits per heavy atom. The van der Waals surface area contributed by atoms with E-state index < -0.39 is 0 Å². The van der Waals surface area contributed by atoms with E-state index in [1.54, 1.807) is 12.1 Å². The molecule has 1 fully saturated rings. The maximum atomic E-state index is 13.7. The lowest BCUT2D eigenvalue weighted by Gasteiger charge is -2.26. The number of rotatable bonds is 6. The van der Waals surface area contributed by atoms with E-state index in [0.717, 1.165) is 37.6 Å². The van der Waals surface area contributed by atoms with Gasteiger partial charge in [0.1, 0.15) is 5.82 Å². The minimum absolute atomic E-state index is 0.0288. The van der Waals surface area contributed by atoms with Crippen LogP contribution < -0.4 is 5.32 Å². The van der Waals surface area contributed by atoms with Crippen molar-refractivity contribution < 1.29 is 4.39 Å². The zero-order valence-corrected chi connectivity index (χ0v) is 17.3. The summed E-state index contributed by atoms with van der Waals surface area (Å²) in [7, 11) is 5.97. The van der Waals surface area contributed by atoms with Crippen LogP contribution in [0.15, 0.2) is 41.7 Å². The molecule has 2 atom stereocenters. The van der Waals surface area contributed by atoms with Gasteiger partial charge in [-0.2, -0.15) is 5.10 Å². The lowest BCUT2D eigenvalue weighted by molar-refractivity contribution is 0.304. The molecule has 3 rings (SSSR count). The Kier molecular flexibility index (Phi) is 6.67. The number of hydrogen-bond acceptors (Lipinski definition) is 3. The average Bonchev–Trinajstić information content (AvgIpc) is 3.30. The number of aromatic nitrogens is 2. The summed E-state index contributed by atoms with van der Waals surface area (Å²) < 4.78 is 15.5. The van der Waals surface area contributed by atoms with E-state index in [2.05, 4.69) is 33.3 Å². The molecule has 0 amide bonds. The highest BCUT2D eigenvalue weighted by Gasteiger charge is 2.27. The lowest BCUT2D eigenvalue weighted by atomic mass is 10.0. The predicted octanol–water partition coefficient (Wildman–Crippen LogP) is 2.62. The Hall–Kier alpha value is -2.41. The van der Waals surface area contributed by atoms with E-state index in [-0.39, 0.29) is 11.9 Å². The maximum absolute atomic E-state index is 13.7. The number of likely N-dealkylation sites (N-methyl/N-ethyl adjacent to an activating group) is 1. The fourth-order valence-electron chi connectivity index (χ4n) is 3.76. The Labute approximate surface area is 167 Å². The van der Waals surface area contributed by atoms with Crippen LogP contribution in [0.1, 0.15) is 36.4 Å². The molecule has 0 radical (unpaired) electrons. The summed E-state index contributed by atoms with van der Waals surface area (Å²) in [5.41, 5.74) is 2.23. The van der Waals surface area contributed by atoms with Gasteiger partial charge in [0.15, 0.2) is 5.96 Å². The molecule has 1 aliphatic rings. The largest absolute Gasteiger partial charge is 0.357 e. The number of hydrogen-bond donors (Lipinski definition) is 1. The van der Waals surface area contributed by atoms with Gasteiger partial charge in [0.2, 0.25) is 0 Å². The second-order valence-corrected chi connectivity index (χ2v) is 7.61. The first-order chi connectivity index (χ1) is 13.5. The summed E-state index contributed by atoms with van der Waals surface area (Å²) in [6, 6.07) is 6.83. The Morgan fingerprint density at radius 1 is 1.43 bits per heavy atom. The third kappa shape index (κ3) is 4.90. The average molecular weight is 387 g/mol. The van der Waals surface area contributed by atoms with Gasteiger partial charge in [0, 0.05) is 38.8 Å². The fourth-order valence-corrected chi connectivity index (χ4v) is 3.76. The van der Waals surface area contributed by atoms with Crippen LogP contribution in [-0.4, -0.2) is 65.8 Å². The minimum Gasteiger partial charge on any atom is -0.357 e. The van der Waals surface area contributed by atoms with Crippen molar-refractivity contribution in [3.8, 4) is 0 Å². The zero-order valence-electron chi connectivity index (χ0n) is 17.3. The van der Waals surface area contributed by atoms with Gasteiger partial charge in [0.05, 0.1) is 18.8 Å². The number of aryl methyl sites for hydroxylation is 1. The van der Waals surface area contributed by atoms with Crippen molar-refractivity contribution in [2.24, 2.45) is 12.0 Å². The number of likely N-dealkylation sites (tertiary alicyclic amines) is 1. The van der Waals surface area contributed by atoms with E-state index in [9.17, 15) is 4.39 Å². The molecule has 6 nitrogen and oxygen atoms in total. The number of guanidine groups is 1. The molecule has 1 aromatic heterocycles. The summed E-state index contributed by atoms with van der Waals surface area (Å²) in [5.74, 6) is 1.20. The summed E-state index contributed by atoms with van der Waals surface area (Å²) in [5, 5.41) is 7.72. The van der Waals surface area contributed by atoms with Gasteiger partial charge in [-0.25, -0.2) is 4.39 Å². The molecule has 2 heterocycles. The fraction of sp³-hybridized carbons (Fsp3) is 0.524. The van der Waals surface area contributed by atoms with E-state index in [1.165, 1.54) is 11.6 Å². The van der Waals surface area contributed by atoms with Crippen molar-refractivity contribution in [1.29, 1.82) is 0 Å². The Balaban J connectivity index is 1.72. The third-order valence-corrected chi connectivity index (χ3v) is 5.29. The summed E-state index contributed by atoms with van der Waals surface area (Å²) >= 11 is 0. The number of nitrogens with one attached hydrogen (secondary N) is 1. The topological polar surface area (TPSA) is 48.7 Å².